The number of rotatable bonds is 2. The first kappa shape index (κ1) is 38.4. The molecule has 61 heavy (non-hydrogen) atoms. The van der Waals surface area contributed by atoms with E-state index in [-0.39, 0.29) is 28.4 Å². The van der Waals surface area contributed by atoms with E-state index in [9.17, 15) is 0 Å². The minimum absolute atomic E-state index is 0.0185. The van der Waals surface area contributed by atoms with Crippen LogP contribution in [0.25, 0.3) is 20.2 Å². The van der Waals surface area contributed by atoms with Gasteiger partial charge in [0.25, 0.3) is 6.71 Å². The van der Waals surface area contributed by atoms with Crippen molar-refractivity contribution in [2.75, 3.05) is 9.80 Å². The second-order valence-corrected chi connectivity index (χ2v) is 22.2. The zero-order valence-electron chi connectivity index (χ0n) is 37.6. The summed E-state index contributed by atoms with van der Waals surface area (Å²) in [6.45, 7) is 26.1. The van der Waals surface area contributed by atoms with Gasteiger partial charge in [0.2, 0.25) is 0 Å². The lowest BCUT2D eigenvalue weighted by Gasteiger charge is -2.48. The third kappa shape index (κ3) is 5.47. The molecule has 0 N–H and O–H groups in total. The van der Waals surface area contributed by atoms with Crippen LogP contribution >= 0.6 is 11.3 Å². The Hall–Kier alpha value is -5.58. The molecule has 2 aliphatic heterocycles. The largest absolute Gasteiger partial charge is 0.311 e. The molecule has 0 unspecified atom stereocenters. The maximum atomic E-state index is 2.67. The van der Waals surface area contributed by atoms with Crippen molar-refractivity contribution >= 4 is 88.7 Å². The maximum Gasteiger partial charge on any atom is 0.252 e. The van der Waals surface area contributed by atoms with Crippen LogP contribution in [0.1, 0.15) is 108 Å². The first-order chi connectivity index (χ1) is 28.9. The van der Waals surface area contributed by atoms with Crippen molar-refractivity contribution in [1.29, 1.82) is 0 Å². The average Bonchev–Trinajstić information content (AvgIpc) is 3.61. The summed E-state index contributed by atoms with van der Waals surface area (Å²) in [7, 11) is 0. The van der Waals surface area contributed by atoms with Crippen molar-refractivity contribution in [2.45, 2.75) is 97.8 Å². The summed E-state index contributed by atoms with van der Waals surface area (Å²) < 4.78 is 2.64. The molecule has 1 aliphatic carbocycles. The van der Waals surface area contributed by atoms with Crippen molar-refractivity contribution in [3.05, 3.63) is 172 Å². The Morgan fingerprint density at radius 2 is 1.05 bits per heavy atom. The molecule has 0 bridgehead atoms. The van der Waals surface area contributed by atoms with Crippen LogP contribution in [0.3, 0.4) is 0 Å². The van der Waals surface area contributed by atoms with Gasteiger partial charge in [-0.2, -0.15) is 0 Å². The predicted octanol–water partition coefficient (Wildman–Crippen LogP) is 14.0. The monoisotopic (exact) mass is 810 g/mol. The van der Waals surface area contributed by atoms with E-state index in [1.165, 1.54) is 110 Å². The second kappa shape index (κ2) is 12.7. The number of aryl methyl sites for hydroxylation is 1. The molecule has 0 fully saturated rings. The van der Waals surface area contributed by atoms with Gasteiger partial charge in [-0.1, -0.05) is 148 Å². The van der Waals surface area contributed by atoms with Crippen LogP contribution < -0.4 is 26.2 Å². The smallest absolute Gasteiger partial charge is 0.252 e. The van der Waals surface area contributed by atoms with Gasteiger partial charge >= 0.3 is 0 Å². The Morgan fingerprint density at radius 1 is 0.475 bits per heavy atom. The number of thiophene rings is 1. The zero-order valence-corrected chi connectivity index (χ0v) is 38.4. The van der Waals surface area contributed by atoms with Gasteiger partial charge in [-0.15, -0.1) is 11.3 Å². The van der Waals surface area contributed by atoms with Crippen LogP contribution in [0.15, 0.2) is 133 Å². The summed E-state index contributed by atoms with van der Waals surface area (Å²) in [6.07, 6.45) is 0. The lowest BCUT2D eigenvalue weighted by Crippen LogP contribution is -2.62. The highest BCUT2D eigenvalue weighted by Gasteiger charge is 2.48. The molecule has 4 heteroatoms. The number of hydrogen-bond donors (Lipinski definition) is 0. The van der Waals surface area contributed by atoms with Crippen molar-refractivity contribution < 1.29 is 0 Å². The van der Waals surface area contributed by atoms with Crippen molar-refractivity contribution in [3.8, 4) is 0 Å². The Kier molecular flexibility index (Phi) is 8.01. The van der Waals surface area contributed by atoms with E-state index in [0.29, 0.717) is 0 Å². The Balaban J connectivity index is 1.29. The standard InChI is InChI=1S/C57H55BN2S/c1-34-29-48-53-49(30-34)60(46-20-16-22-51-52(46)38-17-12-15-21-50(38)61-51)47-33-42-41(56(8,9)39-18-13-14-19-40(39)57(42,10)11)32-44(47)58(53)43-31-36(55(5,6)7)25-28-45(43)59(48)37-26-23-35(24-27-37)54(2,3)4/h12-33H,1-11H3. The molecule has 8 aromatic rings. The SMILES string of the molecule is Cc1cc2c3c(c1)N(c1cccc4sc5ccccc5c14)c1cc4c(cc1B3c1cc(C(C)(C)C)ccc1N2c1ccc(C(C)(C)C)cc1)C(C)(C)c1ccccc1C4(C)C. The second-order valence-electron chi connectivity index (χ2n) is 21.1. The van der Waals surface area contributed by atoms with E-state index in [1.54, 1.807) is 0 Å². The third-order valence-corrected chi connectivity index (χ3v) is 15.6. The molecule has 7 aromatic carbocycles. The molecule has 1 aromatic heterocycles. The van der Waals surface area contributed by atoms with E-state index < -0.39 is 0 Å². The molecule has 0 atom stereocenters. The zero-order chi connectivity index (χ0) is 42.5. The van der Waals surface area contributed by atoms with Gasteiger partial charge < -0.3 is 9.80 Å². The highest BCUT2D eigenvalue weighted by Crippen LogP contribution is 2.54. The molecule has 0 saturated carbocycles. The molecule has 0 amide bonds. The Bertz CT molecular complexity index is 3130. The van der Waals surface area contributed by atoms with Gasteiger partial charge in [0.1, 0.15) is 0 Å². The highest BCUT2D eigenvalue weighted by atomic mass is 32.1. The predicted molar refractivity (Wildman–Crippen MR) is 266 cm³/mol. The fraction of sp³-hybridized carbons (Fsp3) is 0.263. The van der Waals surface area contributed by atoms with Crippen LogP contribution in [0.2, 0.25) is 0 Å². The third-order valence-electron chi connectivity index (χ3n) is 14.4. The summed E-state index contributed by atoms with van der Waals surface area (Å²) in [5.41, 5.74) is 21.0. The summed E-state index contributed by atoms with van der Waals surface area (Å²) in [4.78, 5) is 5.24. The highest BCUT2D eigenvalue weighted by molar-refractivity contribution is 7.26. The van der Waals surface area contributed by atoms with E-state index in [2.05, 4.69) is 219 Å². The molecule has 2 nitrogen and oxygen atoms in total. The van der Waals surface area contributed by atoms with Gasteiger partial charge in [-0.3, -0.25) is 0 Å². The van der Waals surface area contributed by atoms with Gasteiger partial charge in [0.05, 0.1) is 5.69 Å². The van der Waals surface area contributed by atoms with Crippen LogP contribution in [0, 0.1) is 6.92 Å². The molecular weight excluding hydrogens is 756 g/mol. The Morgan fingerprint density at radius 3 is 1.72 bits per heavy atom. The first-order valence-corrected chi connectivity index (χ1v) is 22.9. The molecule has 0 radical (unpaired) electrons. The van der Waals surface area contributed by atoms with Crippen LogP contribution in [0.4, 0.5) is 34.1 Å². The normalized spacial score (nSPS) is 16.0. The maximum absolute atomic E-state index is 2.67. The number of fused-ring (bicyclic) bond motifs is 9. The summed E-state index contributed by atoms with van der Waals surface area (Å²) >= 11 is 1.90. The average molecular weight is 811 g/mol. The molecule has 3 heterocycles. The summed E-state index contributed by atoms with van der Waals surface area (Å²) in [5, 5.41) is 2.64. The molecule has 0 saturated heterocycles. The fourth-order valence-electron chi connectivity index (χ4n) is 11.1. The van der Waals surface area contributed by atoms with Gasteiger partial charge in [-0.25, -0.2) is 0 Å². The minimum Gasteiger partial charge on any atom is -0.311 e. The van der Waals surface area contributed by atoms with Crippen molar-refractivity contribution in [1.82, 2.24) is 0 Å². The molecule has 302 valence electrons. The number of hydrogen-bond acceptors (Lipinski definition) is 3. The lowest BCUT2D eigenvalue weighted by molar-refractivity contribution is 0.521. The quantitative estimate of drug-likeness (QED) is 0.161. The topological polar surface area (TPSA) is 6.48 Å². The minimum atomic E-state index is -0.193. The number of anilines is 6. The number of nitrogens with zero attached hydrogens (tertiary/aromatic N) is 2. The van der Waals surface area contributed by atoms with E-state index in [0.717, 1.165) is 0 Å². The van der Waals surface area contributed by atoms with Gasteiger partial charge in [-0.05, 0) is 128 Å². The van der Waals surface area contributed by atoms with Gasteiger partial charge in [0.15, 0.2) is 0 Å². The fourth-order valence-corrected chi connectivity index (χ4v) is 12.3. The van der Waals surface area contributed by atoms with E-state index in [1.807, 2.05) is 11.3 Å². The Labute approximate surface area is 367 Å². The summed E-state index contributed by atoms with van der Waals surface area (Å²) in [6, 6.07) is 52.1. The summed E-state index contributed by atoms with van der Waals surface area (Å²) in [5.74, 6) is 0. The molecule has 0 spiro atoms. The molecule has 11 rings (SSSR count). The van der Waals surface area contributed by atoms with Crippen LogP contribution in [-0.4, -0.2) is 6.71 Å². The van der Waals surface area contributed by atoms with Crippen LogP contribution in [-0.2, 0) is 21.7 Å². The molecular formula is C57H55BN2S. The van der Waals surface area contributed by atoms with Crippen LogP contribution in [0.5, 0.6) is 0 Å². The van der Waals surface area contributed by atoms with E-state index >= 15 is 0 Å². The number of benzene rings is 7. The molecule has 3 aliphatic rings. The van der Waals surface area contributed by atoms with Crippen molar-refractivity contribution in [3.63, 3.8) is 0 Å². The van der Waals surface area contributed by atoms with Crippen molar-refractivity contribution in [2.24, 2.45) is 0 Å². The van der Waals surface area contributed by atoms with Gasteiger partial charge in [0, 0.05) is 59.4 Å². The first-order valence-electron chi connectivity index (χ1n) is 22.1. The van der Waals surface area contributed by atoms with E-state index in [4.69, 9.17) is 0 Å². The lowest BCUT2D eigenvalue weighted by atomic mass is 9.33.